The van der Waals surface area contributed by atoms with E-state index in [1.165, 1.54) is 29.2 Å². The number of carbonyl (C=O) groups excluding carboxylic acids is 3. The van der Waals surface area contributed by atoms with Gasteiger partial charge >= 0.3 is 5.97 Å². The summed E-state index contributed by atoms with van der Waals surface area (Å²) in [5.41, 5.74) is 0.113. The summed E-state index contributed by atoms with van der Waals surface area (Å²) in [6, 6.07) is 7.63. The molecule has 0 radical (unpaired) electrons. The van der Waals surface area contributed by atoms with Gasteiger partial charge < -0.3 is 9.84 Å². The van der Waals surface area contributed by atoms with Crippen molar-refractivity contribution in [2.24, 2.45) is 23.7 Å². The Labute approximate surface area is 189 Å². The summed E-state index contributed by atoms with van der Waals surface area (Å²) in [6.07, 6.45) is 0.856. The molecule has 1 saturated heterocycles. The number of hydrogen-bond acceptors (Lipinski definition) is 6. The van der Waals surface area contributed by atoms with Crippen LogP contribution in [0.2, 0.25) is 0 Å². The number of amides is 2. The molecule has 1 aliphatic heterocycles. The third-order valence-electron chi connectivity index (χ3n) is 6.21. The smallest absolute Gasteiger partial charge is 0.352 e. The van der Waals surface area contributed by atoms with Gasteiger partial charge in [0.1, 0.15) is 11.8 Å². The lowest BCUT2D eigenvalue weighted by atomic mass is 9.81. The number of esters is 1. The molecule has 6 atom stereocenters. The van der Waals surface area contributed by atoms with Crippen molar-refractivity contribution in [3.63, 3.8) is 0 Å². The fraction of sp³-hybridized carbons (Fsp3) is 0.429. The quantitative estimate of drug-likeness (QED) is 0.158. The third kappa shape index (κ3) is 3.00. The van der Waals surface area contributed by atoms with Crippen LogP contribution in [0.25, 0.3) is 5.76 Å². The average molecular weight is 538 g/mol. The van der Waals surface area contributed by atoms with Crippen LogP contribution in [0.4, 0.5) is 5.69 Å². The molecule has 0 spiro atoms. The lowest BCUT2D eigenvalue weighted by Gasteiger charge is -2.28. The van der Waals surface area contributed by atoms with Crippen molar-refractivity contribution in [1.82, 2.24) is 0 Å². The number of carbonyl (C=O) groups is 3. The zero-order chi connectivity index (χ0) is 21.7. The van der Waals surface area contributed by atoms with Crippen molar-refractivity contribution >= 4 is 61.1 Å². The maximum Gasteiger partial charge on any atom is 0.352 e. The first-order valence-corrected chi connectivity index (χ1v) is 11.4. The molecule has 4 rings (SSSR count). The Morgan fingerprint density at radius 1 is 1.17 bits per heavy atom. The highest BCUT2D eigenvalue weighted by atomic mass is 79.9. The Kier molecular flexibility index (Phi) is 5.49. The number of rotatable bonds is 4. The zero-order valence-corrected chi connectivity index (χ0v) is 19.1. The molecule has 30 heavy (non-hydrogen) atoms. The number of benzene rings is 1. The van der Waals surface area contributed by atoms with E-state index in [4.69, 9.17) is 10.00 Å². The molecule has 3 fully saturated rings. The van der Waals surface area contributed by atoms with Crippen LogP contribution < -0.4 is 4.90 Å². The summed E-state index contributed by atoms with van der Waals surface area (Å²) in [4.78, 5) is 39.5. The van der Waals surface area contributed by atoms with Crippen molar-refractivity contribution in [1.29, 1.82) is 5.26 Å². The van der Waals surface area contributed by atoms with E-state index in [1.54, 1.807) is 13.0 Å². The number of hydrogen-bond donors (Lipinski definition) is 1. The van der Waals surface area contributed by atoms with E-state index in [0.29, 0.717) is 5.69 Å². The summed E-state index contributed by atoms with van der Waals surface area (Å²) < 4.78 is 4.77. The van der Waals surface area contributed by atoms with E-state index in [0.717, 1.165) is 6.42 Å². The van der Waals surface area contributed by atoms with Gasteiger partial charge in [-0.05, 0) is 49.4 Å². The minimum absolute atomic E-state index is 0.0737. The third-order valence-corrected chi connectivity index (χ3v) is 9.42. The molecular formula is C21H18Br2N2O5. The van der Waals surface area contributed by atoms with E-state index in [9.17, 15) is 19.5 Å². The molecule has 156 valence electrons. The number of imide groups is 1. The standard InChI is InChI=1S/C21H18Br2N2O5/c1-2-30-21(29)13(8-24)18(26)9-3-5-10(6-4-9)25-19(27)14-11-7-12(15(14)20(25)28)17(23)16(11)22/h3-6,11-12,14-17,26H,2,7H2,1H3. The van der Waals surface area contributed by atoms with Gasteiger partial charge in [-0.3, -0.25) is 14.5 Å². The Bertz CT molecular complexity index is 968. The normalized spacial score (nSPS) is 32.7. The van der Waals surface area contributed by atoms with Crippen molar-refractivity contribution in [3.05, 3.63) is 35.4 Å². The summed E-state index contributed by atoms with van der Waals surface area (Å²) >= 11 is 7.33. The minimum atomic E-state index is -0.913. The Morgan fingerprint density at radius 2 is 1.70 bits per heavy atom. The first-order valence-electron chi connectivity index (χ1n) is 9.58. The summed E-state index contributed by atoms with van der Waals surface area (Å²) in [6.45, 7) is 1.67. The number of aliphatic hydroxyl groups is 1. The second-order valence-electron chi connectivity index (χ2n) is 7.62. The van der Waals surface area contributed by atoms with Gasteiger partial charge in [0.25, 0.3) is 0 Å². The maximum atomic E-state index is 13.1. The maximum absolute atomic E-state index is 13.1. The molecule has 9 heteroatoms. The first kappa shape index (κ1) is 21.1. The summed E-state index contributed by atoms with van der Waals surface area (Å²) in [7, 11) is 0. The van der Waals surface area contributed by atoms with Gasteiger partial charge in [0.2, 0.25) is 11.8 Å². The molecule has 1 N–H and O–H groups in total. The predicted octanol–water partition coefficient (Wildman–Crippen LogP) is 3.32. The SMILES string of the molecule is CCOC(=O)C(C#N)=C(O)c1ccc(N2C(=O)C3C4CC(C(Br)C4Br)C3C2=O)cc1. The number of nitriles is 1. The molecule has 2 bridgehead atoms. The van der Waals surface area contributed by atoms with Gasteiger partial charge in [-0.15, -0.1) is 0 Å². The Morgan fingerprint density at radius 3 is 2.17 bits per heavy atom. The lowest BCUT2D eigenvalue weighted by molar-refractivity contribution is -0.138. The van der Waals surface area contributed by atoms with Crippen LogP contribution in [-0.2, 0) is 19.1 Å². The number of ether oxygens (including phenoxy) is 1. The number of anilines is 1. The summed E-state index contributed by atoms with van der Waals surface area (Å²) in [5.74, 6) is -2.20. The lowest BCUT2D eigenvalue weighted by Crippen LogP contribution is -2.37. The fourth-order valence-electron chi connectivity index (χ4n) is 4.91. The summed E-state index contributed by atoms with van der Waals surface area (Å²) in [5, 5.41) is 19.5. The highest BCUT2D eigenvalue weighted by Gasteiger charge is 2.66. The van der Waals surface area contributed by atoms with Gasteiger partial charge in [-0.1, -0.05) is 31.9 Å². The number of halogens is 2. The van der Waals surface area contributed by atoms with Gasteiger partial charge in [-0.2, -0.15) is 5.26 Å². The molecule has 2 saturated carbocycles. The second-order valence-corrected chi connectivity index (χ2v) is 9.73. The topological polar surface area (TPSA) is 108 Å². The van der Waals surface area contributed by atoms with Gasteiger partial charge in [0, 0.05) is 15.2 Å². The van der Waals surface area contributed by atoms with Gasteiger partial charge in [0.05, 0.1) is 24.1 Å². The van der Waals surface area contributed by atoms with E-state index in [-0.39, 0.29) is 57.3 Å². The monoisotopic (exact) mass is 536 g/mol. The molecule has 2 amide bonds. The van der Waals surface area contributed by atoms with Crippen molar-refractivity contribution in [3.8, 4) is 6.07 Å². The fourth-order valence-corrected chi connectivity index (χ4v) is 6.79. The number of nitrogens with zero attached hydrogens (tertiary/aromatic N) is 2. The van der Waals surface area contributed by atoms with Crippen LogP contribution in [0.1, 0.15) is 18.9 Å². The highest BCUT2D eigenvalue weighted by molar-refractivity contribution is 9.12. The van der Waals surface area contributed by atoms with Gasteiger partial charge in [-0.25, -0.2) is 4.79 Å². The molecule has 0 aromatic heterocycles. The van der Waals surface area contributed by atoms with E-state index < -0.39 is 17.3 Å². The van der Waals surface area contributed by atoms with Crippen LogP contribution in [0, 0.1) is 35.0 Å². The van der Waals surface area contributed by atoms with E-state index >= 15 is 0 Å². The molecule has 6 unspecified atom stereocenters. The van der Waals surface area contributed by atoms with Crippen LogP contribution in [0.3, 0.4) is 0 Å². The van der Waals surface area contributed by atoms with Crippen molar-refractivity contribution < 1.29 is 24.2 Å². The predicted molar refractivity (Wildman–Crippen MR) is 115 cm³/mol. The van der Waals surface area contributed by atoms with Crippen molar-refractivity contribution in [2.45, 2.75) is 23.0 Å². The van der Waals surface area contributed by atoms with Crippen LogP contribution in [0.15, 0.2) is 29.8 Å². The molecule has 1 heterocycles. The molecule has 3 aliphatic rings. The molecular weight excluding hydrogens is 520 g/mol. The van der Waals surface area contributed by atoms with Gasteiger partial charge in [0.15, 0.2) is 5.57 Å². The van der Waals surface area contributed by atoms with Crippen LogP contribution in [0.5, 0.6) is 0 Å². The number of aliphatic hydroxyl groups excluding tert-OH is 1. The van der Waals surface area contributed by atoms with Crippen LogP contribution >= 0.6 is 31.9 Å². The largest absolute Gasteiger partial charge is 0.506 e. The van der Waals surface area contributed by atoms with Crippen molar-refractivity contribution in [2.75, 3.05) is 11.5 Å². The molecule has 1 aromatic carbocycles. The highest BCUT2D eigenvalue weighted by Crippen LogP contribution is 2.60. The van der Waals surface area contributed by atoms with Crippen LogP contribution in [-0.4, -0.2) is 39.2 Å². The number of alkyl halides is 2. The molecule has 2 aliphatic carbocycles. The van der Waals surface area contributed by atoms with E-state index in [2.05, 4.69) is 31.9 Å². The zero-order valence-electron chi connectivity index (χ0n) is 15.9. The minimum Gasteiger partial charge on any atom is -0.506 e. The first-order chi connectivity index (χ1) is 14.3. The number of fused-ring (bicyclic) bond motifs is 5. The Hall–Kier alpha value is -2.18. The van der Waals surface area contributed by atoms with E-state index in [1.807, 2.05) is 0 Å². The average Bonchev–Trinajstić information content (AvgIpc) is 3.34. The second kappa shape index (κ2) is 7.82. The Balaban J connectivity index is 1.61. The molecule has 1 aromatic rings. The molecule has 7 nitrogen and oxygen atoms in total.